The van der Waals surface area contributed by atoms with E-state index in [4.69, 9.17) is 4.74 Å². The van der Waals surface area contributed by atoms with Gasteiger partial charge in [0.15, 0.2) is 0 Å². The van der Waals surface area contributed by atoms with Crippen LogP contribution >= 0.6 is 0 Å². The number of carbonyl (C=O) groups is 1. The van der Waals surface area contributed by atoms with Crippen molar-refractivity contribution in [3.8, 4) is 0 Å². The summed E-state index contributed by atoms with van der Waals surface area (Å²) in [7, 11) is 0. The molecule has 0 aliphatic carbocycles. The Balaban J connectivity index is 2.50. The molecule has 1 aliphatic heterocycles. The molecule has 4 heteroatoms. The first-order valence-corrected chi connectivity index (χ1v) is 5.94. The number of ether oxygens (including phenoxy) is 1. The van der Waals surface area contributed by atoms with Gasteiger partial charge in [-0.1, -0.05) is 0 Å². The van der Waals surface area contributed by atoms with E-state index in [0.29, 0.717) is 6.42 Å². The van der Waals surface area contributed by atoms with Gasteiger partial charge in [-0.15, -0.1) is 0 Å². The monoisotopic (exact) mass is 229 g/mol. The fourth-order valence-corrected chi connectivity index (χ4v) is 1.94. The molecule has 2 N–H and O–H groups in total. The number of carbonyl (C=O) groups excluding carboxylic acids is 1. The molecular formula is C12H23NO3. The molecule has 0 radical (unpaired) electrons. The van der Waals surface area contributed by atoms with E-state index in [-0.39, 0.29) is 24.0 Å². The molecule has 1 saturated heterocycles. The second kappa shape index (κ2) is 5.15. The Morgan fingerprint density at radius 3 is 2.62 bits per heavy atom. The predicted octanol–water partition coefficient (Wildman–Crippen LogP) is 1.08. The third-order valence-corrected chi connectivity index (χ3v) is 2.82. The van der Waals surface area contributed by atoms with E-state index in [0.717, 1.165) is 13.0 Å². The van der Waals surface area contributed by atoms with Crippen LogP contribution in [0.25, 0.3) is 0 Å². The van der Waals surface area contributed by atoms with Crippen LogP contribution in [0.3, 0.4) is 0 Å². The van der Waals surface area contributed by atoms with E-state index < -0.39 is 5.60 Å². The lowest BCUT2D eigenvalue weighted by molar-refractivity contribution is -0.158. The number of aliphatic hydroxyl groups is 1. The average Bonchev–Trinajstić information content (AvgIpc) is 2.15. The number of aliphatic hydroxyl groups excluding tert-OH is 1. The molecule has 0 aromatic heterocycles. The van der Waals surface area contributed by atoms with Gasteiger partial charge in [-0.25, -0.2) is 0 Å². The molecule has 0 saturated carbocycles. The molecule has 4 nitrogen and oxygen atoms in total. The van der Waals surface area contributed by atoms with Crippen LogP contribution in [0.2, 0.25) is 0 Å². The van der Waals surface area contributed by atoms with E-state index in [2.05, 4.69) is 5.32 Å². The SMILES string of the molecule is CC(O)C1CCNC(C(=O)OC(C)(C)C)C1. The largest absolute Gasteiger partial charge is 0.459 e. The van der Waals surface area contributed by atoms with Crippen LogP contribution in [0.1, 0.15) is 40.5 Å². The second-order valence-corrected chi connectivity index (χ2v) is 5.57. The summed E-state index contributed by atoms with van der Waals surface area (Å²) in [4.78, 5) is 11.8. The fourth-order valence-electron chi connectivity index (χ4n) is 1.94. The van der Waals surface area contributed by atoms with Gasteiger partial charge in [0, 0.05) is 0 Å². The maximum atomic E-state index is 11.8. The third kappa shape index (κ3) is 4.10. The first kappa shape index (κ1) is 13.5. The van der Waals surface area contributed by atoms with Crippen molar-refractivity contribution in [2.75, 3.05) is 6.54 Å². The fraction of sp³-hybridized carbons (Fsp3) is 0.917. The summed E-state index contributed by atoms with van der Waals surface area (Å²) in [6, 6.07) is -0.271. The van der Waals surface area contributed by atoms with Gasteiger partial charge < -0.3 is 15.2 Å². The molecule has 0 spiro atoms. The minimum atomic E-state index is -0.448. The number of nitrogens with one attached hydrogen (secondary N) is 1. The average molecular weight is 229 g/mol. The molecule has 3 unspecified atom stereocenters. The van der Waals surface area contributed by atoms with Crippen molar-refractivity contribution in [3.05, 3.63) is 0 Å². The van der Waals surface area contributed by atoms with Crippen molar-refractivity contribution < 1.29 is 14.6 Å². The van der Waals surface area contributed by atoms with Gasteiger partial charge in [0.2, 0.25) is 0 Å². The highest BCUT2D eigenvalue weighted by Gasteiger charge is 2.31. The van der Waals surface area contributed by atoms with Crippen molar-refractivity contribution in [2.45, 2.75) is 58.3 Å². The highest BCUT2D eigenvalue weighted by molar-refractivity contribution is 5.76. The molecule has 0 amide bonds. The lowest BCUT2D eigenvalue weighted by Crippen LogP contribution is -2.48. The van der Waals surface area contributed by atoms with Crippen molar-refractivity contribution in [2.24, 2.45) is 5.92 Å². The van der Waals surface area contributed by atoms with E-state index in [9.17, 15) is 9.90 Å². The zero-order chi connectivity index (χ0) is 12.3. The van der Waals surface area contributed by atoms with Crippen LogP contribution in [0.15, 0.2) is 0 Å². The van der Waals surface area contributed by atoms with Crippen LogP contribution < -0.4 is 5.32 Å². The zero-order valence-corrected chi connectivity index (χ0v) is 10.6. The van der Waals surface area contributed by atoms with Crippen molar-refractivity contribution >= 4 is 5.97 Å². The number of hydrogen-bond acceptors (Lipinski definition) is 4. The van der Waals surface area contributed by atoms with Crippen LogP contribution in [-0.4, -0.2) is 35.4 Å². The molecule has 94 valence electrons. The maximum Gasteiger partial charge on any atom is 0.323 e. The molecule has 0 aromatic carbocycles. The van der Waals surface area contributed by atoms with Crippen LogP contribution in [0.4, 0.5) is 0 Å². The lowest BCUT2D eigenvalue weighted by atomic mass is 9.88. The number of hydrogen-bond donors (Lipinski definition) is 2. The molecule has 0 aromatic rings. The molecule has 0 bridgehead atoms. The Labute approximate surface area is 97.4 Å². The van der Waals surface area contributed by atoms with E-state index in [1.165, 1.54) is 0 Å². The molecule has 1 heterocycles. The van der Waals surface area contributed by atoms with Crippen molar-refractivity contribution in [1.29, 1.82) is 0 Å². The Bertz CT molecular complexity index is 245. The van der Waals surface area contributed by atoms with Crippen LogP contribution in [-0.2, 0) is 9.53 Å². The molecule has 16 heavy (non-hydrogen) atoms. The highest BCUT2D eigenvalue weighted by atomic mass is 16.6. The van der Waals surface area contributed by atoms with Gasteiger partial charge in [0.05, 0.1) is 6.10 Å². The van der Waals surface area contributed by atoms with Gasteiger partial charge in [-0.05, 0) is 53.0 Å². The molecule has 1 rings (SSSR count). The lowest BCUT2D eigenvalue weighted by Gasteiger charge is -2.32. The zero-order valence-electron chi connectivity index (χ0n) is 10.6. The molecule has 3 atom stereocenters. The van der Waals surface area contributed by atoms with E-state index in [1.54, 1.807) is 6.92 Å². The summed E-state index contributed by atoms with van der Waals surface area (Å²) in [5.74, 6) is -0.0170. The van der Waals surface area contributed by atoms with Gasteiger partial charge in [-0.3, -0.25) is 4.79 Å². The topological polar surface area (TPSA) is 58.6 Å². The first-order chi connectivity index (χ1) is 7.29. The third-order valence-electron chi connectivity index (χ3n) is 2.82. The van der Waals surface area contributed by atoms with Crippen LogP contribution in [0, 0.1) is 5.92 Å². The summed E-state index contributed by atoms with van der Waals surface area (Å²) >= 11 is 0. The molecular weight excluding hydrogens is 206 g/mol. The minimum absolute atomic E-state index is 0.193. The molecule has 1 aliphatic rings. The Kier molecular flexibility index (Phi) is 4.33. The van der Waals surface area contributed by atoms with Crippen LogP contribution in [0.5, 0.6) is 0 Å². The minimum Gasteiger partial charge on any atom is -0.459 e. The van der Waals surface area contributed by atoms with Gasteiger partial charge in [0.1, 0.15) is 11.6 Å². The number of rotatable bonds is 2. The van der Waals surface area contributed by atoms with Crippen molar-refractivity contribution in [3.63, 3.8) is 0 Å². The maximum absolute atomic E-state index is 11.8. The van der Waals surface area contributed by atoms with Gasteiger partial charge >= 0.3 is 5.97 Å². The van der Waals surface area contributed by atoms with Gasteiger partial charge in [0.25, 0.3) is 0 Å². The summed E-state index contributed by atoms with van der Waals surface area (Å²) in [6.07, 6.45) is 1.22. The second-order valence-electron chi connectivity index (χ2n) is 5.57. The molecule has 1 fully saturated rings. The normalized spacial score (nSPS) is 28.6. The quantitative estimate of drug-likeness (QED) is 0.696. The Morgan fingerprint density at radius 2 is 2.12 bits per heavy atom. The summed E-state index contributed by atoms with van der Waals surface area (Å²) in [5.41, 5.74) is -0.448. The van der Waals surface area contributed by atoms with Crippen molar-refractivity contribution in [1.82, 2.24) is 5.32 Å². The number of piperidine rings is 1. The Morgan fingerprint density at radius 1 is 1.50 bits per heavy atom. The predicted molar refractivity (Wildman–Crippen MR) is 62.0 cm³/mol. The standard InChI is InChI=1S/C12H23NO3/c1-8(14)9-5-6-13-10(7-9)11(15)16-12(2,3)4/h8-10,13-14H,5-7H2,1-4H3. The summed E-state index contributed by atoms with van der Waals surface area (Å²) in [6.45, 7) is 8.13. The smallest absolute Gasteiger partial charge is 0.323 e. The highest BCUT2D eigenvalue weighted by Crippen LogP contribution is 2.21. The Hall–Kier alpha value is -0.610. The summed E-state index contributed by atoms with van der Waals surface area (Å²) in [5, 5.41) is 12.7. The van der Waals surface area contributed by atoms with E-state index >= 15 is 0 Å². The first-order valence-electron chi connectivity index (χ1n) is 5.94. The number of esters is 1. The summed E-state index contributed by atoms with van der Waals surface area (Å²) < 4.78 is 5.32. The van der Waals surface area contributed by atoms with Gasteiger partial charge in [-0.2, -0.15) is 0 Å². The van der Waals surface area contributed by atoms with E-state index in [1.807, 2.05) is 20.8 Å².